The monoisotopic (exact) mass is 384 g/mol. The molecule has 130 valence electrons. The molecule has 8 heteroatoms. The molecule has 0 unspecified atom stereocenters. The van der Waals surface area contributed by atoms with Crippen molar-refractivity contribution in [2.45, 2.75) is 6.42 Å². The van der Waals surface area contributed by atoms with Crippen LogP contribution in [0.2, 0.25) is 10.0 Å². The van der Waals surface area contributed by atoms with E-state index < -0.39 is 0 Å². The normalized spacial score (nSPS) is 10.2. The van der Waals surface area contributed by atoms with Crippen LogP contribution in [0.5, 0.6) is 0 Å². The highest BCUT2D eigenvalue weighted by atomic mass is 35.5. The topological polar surface area (TPSA) is 86.5 Å². The van der Waals surface area contributed by atoms with Crippen LogP contribution in [0.4, 0.5) is 17.5 Å². The fraction of sp³-hybridized carbons (Fsp3) is 0.111. The maximum absolute atomic E-state index is 8.95. The van der Waals surface area contributed by atoms with E-state index in [0.29, 0.717) is 40.3 Å². The zero-order chi connectivity index (χ0) is 18.4. The fourth-order valence-corrected chi connectivity index (χ4v) is 2.79. The number of aromatic nitrogens is 3. The van der Waals surface area contributed by atoms with Crippen molar-refractivity contribution in [2.75, 3.05) is 17.2 Å². The van der Waals surface area contributed by atoms with E-state index in [1.54, 1.807) is 30.5 Å². The molecule has 0 saturated heterocycles. The van der Waals surface area contributed by atoms with Gasteiger partial charge in [0, 0.05) is 22.3 Å². The number of hydrogen-bond acceptors (Lipinski definition) is 6. The van der Waals surface area contributed by atoms with Crippen molar-refractivity contribution in [3.63, 3.8) is 0 Å². The number of hydrogen-bond donors (Lipinski definition) is 2. The van der Waals surface area contributed by atoms with E-state index in [1.165, 1.54) is 0 Å². The molecule has 0 fully saturated rings. The van der Waals surface area contributed by atoms with Crippen LogP contribution in [-0.4, -0.2) is 21.7 Å². The molecule has 0 atom stereocenters. The molecule has 0 aliphatic carbocycles. The van der Waals surface area contributed by atoms with E-state index in [9.17, 15) is 0 Å². The first kappa shape index (κ1) is 17.9. The van der Waals surface area contributed by atoms with Crippen molar-refractivity contribution < 1.29 is 0 Å². The maximum atomic E-state index is 8.95. The van der Waals surface area contributed by atoms with E-state index in [2.05, 4.69) is 31.9 Å². The first-order chi connectivity index (χ1) is 12.6. The summed E-state index contributed by atoms with van der Waals surface area (Å²) in [5, 5.41) is 24.3. The quantitative estimate of drug-likeness (QED) is 0.652. The van der Waals surface area contributed by atoms with E-state index in [1.807, 2.05) is 18.2 Å². The molecule has 3 aromatic rings. The molecule has 2 aromatic carbocycles. The smallest absolute Gasteiger partial charge is 0.249 e. The number of nitrogens with one attached hydrogen (secondary N) is 2. The second kappa shape index (κ2) is 8.48. The zero-order valence-electron chi connectivity index (χ0n) is 13.6. The second-order valence-electron chi connectivity index (χ2n) is 5.40. The summed E-state index contributed by atoms with van der Waals surface area (Å²) < 4.78 is 0. The highest BCUT2D eigenvalue weighted by Gasteiger charge is 2.04. The third-order valence-corrected chi connectivity index (χ3v) is 4.11. The molecule has 0 amide bonds. The number of anilines is 3. The molecule has 2 N–H and O–H groups in total. The fourth-order valence-electron chi connectivity index (χ4n) is 2.29. The number of nitriles is 1. The SMILES string of the molecule is N#Cc1cccc(Nc2nncc(NCCc3ccc(Cl)cc3Cl)n2)c1. The van der Waals surface area contributed by atoms with Gasteiger partial charge in [0.1, 0.15) is 0 Å². The van der Waals surface area contributed by atoms with Gasteiger partial charge < -0.3 is 10.6 Å². The third-order valence-electron chi connectivity index (χ3n) is 3.52. The van der Waals surface area contributed by atoms with Crippen LogP contribution < -0.4 is 10.6 Å². The largest absolute Gasteiger partial charge is 0.368 e. The summed E-state index contributed by atoms with van der Waals surface area (Å²) in [4.78, 5) is 4.36. The number of benzene rings is 2. The molecular formula is C18H14Cl2N6. The number of rotatable bonds is 6. The Morgan fingerprint density at radius 3 is 2.81 bits per heavy atom. The molecule has 0 aliphatic rings. The first-order valence-electron chi connectivity index (χ1n) is 7.79. The van der Waals surface area contributed by atoms with Gasteiger partial charge in [-0.2, -0.15) is 15.3 Å². The van der Waals surface area contributed by atoms with Gasteiger partial charge >= 0.3 is 0 Å². The Morgan fingerprint density at radius 2 is 2.00 bits per heavy atom. The Bertz CT molecular complexity index is 954. The molecule has 1 heterocycles. The standard InChI is InChI=1S/C18H14Cl2N6/c19-14-5-4-13(16(20)9-14)6-7-22-17-11-23-26-18(25-17)24-15-3-1-2-12(8-15)10-21/h1-5,8-9,11H,6-7H2,(H2,22,24,25,26). The summed E-state index contributed by atoms with van der Waals surface area (Å²) in [6.07, 6.45) is 2.26. The highest BCUT2D eigenvalue weighted by molar-refractivity contribution is 6.35. The summed E-state index contributed by atoms with van der Waals surface area (Å²) >= 11 is 12.1. The predicted octanol–water partition coefficient (Wildman–Crippen LogP) is 4.45. The van der Waals surface area contributed by atoms with Crippen LogP contribution in [0, 0.1) is 11.3 Å². The van der Waals surface area contributed by atoms with Crippen LogP contribution >= 0.6 is 23.2 Å². The molecule has 0 saturated carbocycles. The molecule has 0 spiro atoms. The minimum atomic E-state index is 0.342. The van der Waals surface area contributed by atoms with Gasteiger partial charge in [0.25, 0.3) is 0 Å². The van der Waals surface area contributed by atoms with Gasteiger partial charge in [-0.25, -0.2) is 0 Å². The van der Waals surface area contributed by atoms with Gasteiger partial charge in [0.15, 0.2) is 5.82 Å². The van der Waals surface area contributed by atoms with Gasteiger partial charge in [-0.1, -0.05) is 35.3 Å². The summed E-state index contributed by atoms with van der Waals surface area (Å²) in [5.41, 5.74) is 2.27. The van der Waals surface area contributed by atoms with Crippen molar-refractivity contribution in [1.29, 1.82) is 5.26 Å². The van der Waals surface area contributed by atoms with E-state index >= 15 is 0 Å². The van der Waals surface area contributed by atoms with Crippen LogP contribution in [0.1, 0.15) is 11.1 Å². The predicted molar refractivity (Wildman–Crippen MR) is 103 cm³/mol. The average Bonchev–Trinajstić information content (AvgIpc) is 2.64. The zero-order valence-corrected chi connectivity index (χ0v) is 15.1. The summed E-state index contributed by atoms with van der Waals surface area (Å²) in [5.74, 6) is 0.929. The Hall–Kier alpha value is -2.88. The van der Waals surface area contributed by atoms with Crippen molar-refractivity contribution in [3.05, 3.63) is 69.8 Å². The van der Waals surface area contributed by atoms with E-state index in [4.69, 9.17) is 28.5 Å². The average molecular weight is 385 g/mol. The lowest BCUT2D eigenvalue weighted by Crippen LogP contribution is -2.09. The van der Waals surface area contributed by atoms with Crippen molar-refractivity contribution in [3.8, 4) is 6.07 Å². The lowest BCUT2D eigenvalue weighted by molar-refractivity contribution is 0.950. The number of halogens is 2. The van der Waals surface area contributed by atoms with Crippen LogP contribution in [-0.2, 0) is 6.42 Å². The highest BCUT2D eigenvalue weighted by Crippen LogP contribution is 2.21. The Morgan fingerprint density at radius 1 is 1.12 bits per heavy atom. The van der Waals surface area contributed by atoms with Gasteiger partial charge in [0.05, 0.1) is 17.8 Å². The molecule has 6 nitrogen and oxygen atoms in total. The molecule has 0 radical (unpaired) electrons. The first-order valence-corrected chi connectivity index (χ1v) is 8.54. The van der Waals surface area contributed by atoms with Gasteiger partial charge in [-0.15, -0.1) is 5.10 Å². The van der Waals surface area contributed by atoms with Crippen LogP contribution in [0.25, 0.3) is 0 Å². The lowest BCUT2D eigenvalue weighted by atomic mass is 10.1. The molecule has 3 rings (SSSR count). The van der Waals surface area contributed by atoms with Gasteiger partial charge in [-0.3, -0.25) is 0 Å². The van der Waals surface area contributed by atoms with E-state index in [-0.39, 0.29) is 0 Å². The molecule has 1 aromatic heterocycles. The summed E-state index contributed by atoms with van der Waals surface area (Å²) in [6, 6.07) is 14.6. The van der Waals surface area contributed by atoms with Crippen molar-refractivity contribution in [1.82, 2.24) is 15.2 Å². The molecule has 0 aliphatic heterocycles. The summed E-state index contributed by atoms with van der Waals surface area (Å²) in [6.45, 7) is 0.628. The van der Waals surface area contributed by atoms with Crippen molar-refractivity contribution >= 4 is 40.7 Å². The van der Waals surface area contributed by atoms with Crippen LogP contribution in [0.15, 0.2) is 48.7 Å². The minimum absolute atomic E-state index is 0.342. The number of nitrogens with zero attached hydrogens (tertiary/aromatic N) is 4. The molecule has 0 bridgehead atoms. The second-order valence-corrected chi connectivity index (χ2v) is 6.24. The van der Waals surface area contributed by atoms with Crippen LogP contribution in [0.3, 0.4) is 0 Å². The Balaban J connectivity index is 1.61. The van der Waals surface area contributed by atoms with Gasteiger partial charge in [-0.05, 0) is 42.3 Å². The van der Waals surface area contributed by atoms with Gasteiger partial charge in [0.2, 0.25) is 5.95 Å². The molecular weight excluding hydrogens is 371 g/mol. The minimum Gasteiger partial charge on any atom is -0.368 e. The molecule has 26 heavy (non-hydrogen) atoms. The van der Waals surface area contributed by atoms with E-state index in [0.717, 1.165) is 11.3 Å². The lowest BCUT2D eigenvalue weighted by Gasteiger charge is -2.09. The van der Waals surface area contributed by atoms with Crippen molar-refractivity contribution in [2.24, 2.45) is 0 Å². The Kier molecular flexibility index (Phi) is 5.84. The Labute approximate surface area is 160 Å². The summed E-state index contributed by atoms with van der Waals surface area (Å²) in [7, 11) is 0. The maximum Gasteiger partial charge on any atom is 0.249 e. The third kappa shape index (κ3) is 4.82.